The number of nitrogens with one attached hydrogen (secondary N) is 2. The van der Waals surface area contributed by atoms with Gasteiger partial charge in [0.2, 0.25) is 0 Å². The molecule has 10 rings (SSSR count). The van der Waals surface area contributed by atoms with Gasteiger partial charge in [0.1, 0.15) is 70.6 Å². The van der Waals surface area contributed by atoms with Crippen LogP contribution in [0.15, 0.2) is 135 Å². The molecule has 8 aromatic heterocycles. The van der Waals surface area contributed by atoms with Gasteiger partial charge in [-0.05, 0) is 132 Å². The molecule has 2 unspecified atom stereocenters. The fourth-order valence-corrected chi connectivity index (χ4v) is 8.77. The molecule has 1 amide bonds. The maximum absolute atomic E-state index is 14.5. The van der Waals surface area contributed by atoms with Gasteiger partial charge in [0.25, 0.3) is 0 Å². The van der Waals surface area contributed by atoms with Crippen LogP contribution in [0.4, 0.5) is 31.0 Å². The van der Waals surface area contributed by atoms with E-state index in [1.54, 1.807) is 63.8 Å². The Hall–Kier alpha value is -10.2. The van der Waals surface area contributed by atoms with Crippen LogP contribution < -0.4 is 22.1 Å². The molecule has 0 radical (unpaired) electrons. The summed E-state index contributed by atoms with van der Waals surface area (Å²) in [6.07, 6.45) is 8.75. The Bertz CT molecular complexity index is 3990. The number of aryl methyl sites for hydroxylation is 2. The topological polar surface area (TPSA) is 279 Å². The largest absolute Gasteiger partial charge is 0.444 e. The molecule has 0 bridgehead atoms. The number of rotatable bonds is 9. The van der Waals surface area contributed by atoms with Crippen molar-refractivity contribution >= 4 is 57.0 Å². The van der Waals surface area contributed by atoms with Gasteiger partial charge in [-0.2, -0.15) is 10.5 Å². The number of hydrogen-bond donors (Lipinski definition) is 4. The van der Waals surface area contributed by atoms with Crippen molar-refractivity contribution in [3.05, 3.63) is 185 Å². The third-order valence-electron chi connectivity index (χ3n) is 12.1. The van der Waals surface area contributed by atoms with Crippen LogP contribution in [0.1, 0.15) is 95.2 Å². The van der Waals surface area contributed by atoms with Crippen LogP contribution in [0.3, 0.4) is 0 Å². The molecule has 2 aromatic carbocycles. The summed E-state index contributed by atoms with van der Waals surface area (Å²) in [4.78, 5) is 56.1. The van der Waals surface area contributed by atoms with Crippen molar-refractivity contribution in [2.75, 3.05) is 16.8 Å². The highest BCUT2D eigenvalue weighted by molar-refractivity contribution is 6.30. The number of nitrogens with two attached hydrogens (primary N) is 2. The van der Waals surface area contributed by atoms with E-state index in [1.807, 2.05) is 88.4 Å². The summed E-state index contributed by atoms with van der Waals surface area (Å²) < 4.78 is 34.4. The van der Waals surface area contributed by atoms with E-state index in [0.717, 1.165) is 16.7 Å². The van der Waals surface area contributed by atoms with E-state index in [1.165, 1.54) is 36.9 Å². The minimum atomic E-state index is -0.641. The Morgan fingerprint density at radius 1 is 0.610 bits per heavy atom. The van der Waals surface area contributed by atoms with E-state index < -0.39 is 23.8 Å². The van der Waals surface area contributed by atoms with E-state index in [4.69, 9.17) is 43.0 Å². The molecule has 0 aliphatic heterocycles. The van der Waals surface area contributed by atoms with E-state index in [-0.39, 0.29) is 54.4 Å². The van der Waals surface area contributed by atoms with Crippen molar-refractivity contribution < 1.29 is 18.3 Å². The Labute approximate surface area is 478 Å². The number of pyridine rings is 6. The summed E-state index contributed by atoms with van der Waals surface area (Å²) in [5.41, 5.74) is 20.6. The molecule has 0 saturated carbocycles. The number of alkyl carbamates (subject to hydrolysis) is 1. The highest BCUT2D eigenvalue weighted by atomic mass is 35.5. The van der Waals surface area contributed by atoms with Crippen molar-refractivity contribution in [3.8, 4) is 57.2 Å². The molecule has 416 valence electrons. The second kappa shape index (κ2) is 26.6. The van der Waals surface area contributed by atoms with Crippen LogP contribution in [-0.2, 0) is 4.74 Å². The number of halogens is 3. The summed E-state index contributed by atoms with van der Waals surface area (Å²) in [7, 11) is 0. The first kappa shape index (κ1) is 61.0. The van der Waals surface area contributed by atoms with Crippen molar-refractivity contribution in [2.45, 2.75) is 81.0 Å². The van der Waals surface area contributed by atoms with E-state index in [2.05, 4.69) is 56.6 Å². The van der Waals surface area contributed by atoms with E-state index >= 15 is 0 Å². The fourth-order valence-electron chi connectivity index (χ4n) is 8.59. The van der Waals surface area contributed by atoms with Gasteiger partial charge in [-0.1, -0.05) is 50.7 Å². The number of amides is 1. The molecular formula is C61H59ClF2N16O2. The molecule has 21 heteroatoms. The van der Waals surface area contributed by atoms with Gasteiger partial charge in [-0.15, -0.1) is 0 Å². The van der Waals surface area contributed by atoms with Crippen LogP contribution in [0, 0.1) is 48.1 Å². The zero-order valence-electron chi connectivity index (χ0n) is 44.3. The van der Waals surface area contributed by atoms with Crippen molar-refractivity contribution in [2.24, 2.45) is 0 Å². The standard InChI is InChI=1S/C27H21FN8.C27H27FN4O2.C5H3ClN4.2CH4/c1-15-6-5-11-32-24(15)22-18-12-17(28)8-9-20(18)36-25(23(22)21-7-3-4-10-31-21)16(2)35-27-19(13-29)26(30)33-14-34-27;1-16-9-8-14-30-24(16)22-19-15-18(28)11-12-20(19)32-25(23(22)21-10-6-7-13-29-21)17(2)31-26(33)34-27(3,4)5;6-4-3(1-7)5(8)10-2-9-4;;/h3-12,14,16H,1-2H3,(H3,30,33,34,35);6-15,17H,1-5H3,(H,31,33);2H,(H2,8,9,10);2*1H4. The predicted octanol–water partition coefficient (Wildman–Crippen LogP) is 13.5. The second-order valence-corrected chi connectivity index (χ2v) is 19.3. The normalized spacial score (nSPS) is 11.4. The van der Waals surface area contributed by atoms with Crippen LogP contribution in [0.25, 0.3) is 66.8 Å². The number of fused-ring (bicyclic) bond motifs is 2. The first-order valence-electron chi connectivity index (χ1n) is 24.7. The molecule has 0 aliphatic rings. The average Bonchev–Trinajstić information content (AvgIpc) is 1.62. The molecule has 0 spiro atoms. The number of aromatic nitrogens is 10. The van der Waals surface area contributed by atoms with Crippen molar-refractivity contribution in [1.29, 1.82) is 10.5 Å². The zero-order chi connectivity index (χ0) is 57.3. The summed E-state index contributed by atoms with van der Waals surface area (Å²) in [6, 6.07) is 30.6. The highest BCUT2D eigenvalue weighted by Gasteiger charge is 2.28. The number of nitrogens with zero attached hydrogens (tertiary/aromatic N) is 12. The molecule has 82 heavy (non-hydrogen) atoms. The van der Waals surface area contributed by atoms with Gasteiger partial charge in [0, 0.05) is 57.8 Å². The first-order valence-corrected chi connectivity index (χ1v) is 25.1. The monoisotopic (exact) mass is 1120 g/mol. The lowest BCUT2D eigenvalue weighted by molar-refractivity contribution is 0.0507. The zero-order valence-corrected chi connectivity index (χ0v) is 45.1. The maximum atomic E-state index is 14.5. The van der Waals surface area contributed by atoms with Gasteiger partial charge < -0.3 is 26.8 Å². The Morgan fingerprint density at radius 3 is 1.50 bits per heavy atom. The van der Waals surface area contributed by atoms with Gasteiger partial charge in [-0.25, -0.2) is 43.5 Å². The molecule has 0 saturated heterocycles. The minimum Gasteiger partial charge on any atom is -0.444 e. The summed E-state index contributed by atoms with van der Waals surface area (Å²) in [5.74, 6) is -0.258. The van der Waals surface area contributed by atoms with E-state index in [0.29, 0.717) is 78.5 Å². The second-order valence-electron chi connectivity index (χ2n) is 18.9. The Balaban J connectivity index is 0.000000221. The maximum Gasteiger partial charge on any atom is 0.408 e. The number of anilines is 3. The lowest BCUT2D eigenvalue weighted by Crippen LogP contribution is -2.34. The van der Waals surface area contributed by atoms with E-state index in [9.17, 15) is 18.8 Å². The fraction of sp³-hybridized carbons (Fsp3) is 0.197. The van der Waals surface area contributed by atoms with Gasteiger partial charge in [0.05, 0.1) is 57.3 Å². The quantitative estimate of drug-likeness (QED) is 0.0977. The number of nitrogen functional groups attached to an aromatic ring is 2. The Morgan fingerprint density at radius 2 is 1.07 bits per heavy atom. The smallest absolute Gasteiger partial charge is 0.408 e. The summed E-state index contributed by atoms with van der Waals surface area (Å²) in [5, 5.41) is 25.5. The molecule has 8 heterocycles. The first-order chi connectivity index (χ1) is 38.4. The van der Waals surface area contributed by atoms with Gasteiger partial charge in [0.15, 0.2) is 5.15 Å². The van der Waals surface area contributed by atoms with Gasteiger partial charge >= 0.3 is 6.09 Å². The molecule has 2 atom stereocenters. The minimum absolute atomic E-state index is 0. The third-order valence-corrected chi connectivity index (χ3v) is 12.4. The molecule has 0 fully saturated rings. The molecule has 6 N–H and O–H groups in total. The van der Waals surface area contributed by atoms with Crippen LogP contribution >= 0.6 is 11.6 Å². The molecular weight excluding hydrogens is 1060 g/mol. The molecule has 0 aliphatic carbocycles. The average molecular weight is 1120 g/mol. The number of carbonyl (C=O) groups excluding carboxylic acids is 1. The van der Waals surface area contributed by atoms with Crippen LogP contribution in [0.2, 0.25) is 5.15 Å². The van der Waals surface area contributed by atoms with Crippen LogP contribution in [-0.4, -0.2) is 61.5 Å². The van der Waals surface area contributed by atoms with Crippen molar-refractivity contribution in [3.63, 3.8) is 0 Å². The Kier molecular flexibility index (Phi) is 19.8. The highest BCUT2D eigenvalue weighted by Crippen LogP contribution is 2.43. The number of ether oxygens (including phenoxy) is 1. The summed E-state index contributed by atoms with van der Waals surface area (Å²) >= 11 is 5.48. The molecule has 10 aromatic rings. The lowest BCUT2D eigenvalue weighted by atomic mass is 9.91. The predicted molar refractivity (Wildman–Crippen MR) is 316 cm³/mol. The van der Waals surface area contributed by atoms with Crippen LogP contribution in [0.5, 0.6) is 0 Å². The van der Waals surface area contributed by atoms with Gasteiger partial charge in [-0.3, -0.25) is 19.9 Å². The number of carbonyl (C=O) groups is 1. The molecule has 18 nitrogen and oxygen atoms in total. The number of hydrogen-bond acceptors (Lipinski definition) is 17. The van der Waals surface area contributed by atoms with Crippen molar-refractivity contribution in [1.82, 2.24) is 55.2 Å². The third kappa shape index (κ3) is 13.8. The lowest BCUT2D eigenvalue weighted by Gasteiger charge is -2.24. The summed E-state index contributed by atoms with van der Waals surface area (Å²) in [6.45, 7) is 13.1. The SMILES string of the molecule is C.C.Cc1cccnc1-c1c(-c2ccccn2)c(C(C)NC(=O)OC(C)(C)C)nc2ccc(F)cc12.Cc1cccnc1-c1c(-c2ccccn2)c(C(C)Nc2ncnc(N)c2C#N)nc2ccc(F)cc12.N#Cc1c(N)ncnc1Cl. The number of nitriles is 2. The number of benzene rings is 2.